The largest absolute Gasteiger partial charge is 0.416 e. The van der Waals surface area contributed by atoms with E-state index in [9.17, 15) is 13.2 Å². The molecule has 0 fully saturated rings. The highest BCUT2D eigenvalue weighted by molar-refractivity contribution is 6.35. The number of nitrogens with zero attached hydrogens (tertiary/aromatic N) is 3. The third-order valence-corrected chi connectivity index (χ3v) is 3.35. The van der Waals surface area contributed by atoms with Crippen LogP contribution in [0.3, 0.4) is 0 Å². The number of benzene rings is 1. The predicted octanol–water partition coefficient (Wildman–Crippen LogP) is 3.94. The zero-order valence-corrected chi connectivity index (χ0v) is 12.4. The smallest absolute Gasteiger partial charge is 0.388 e. The molecule has 0 saturated heterocycles. The second-order valence-corrected chi connectivity index (χ2v) is 4.85. The third-order valence-electron chi connectivity index (χ3n) is 2.68. The van der Waals surface area contributed by atoms with Crippen molar-refractivity contribution in [1.29, 1.82) is 0 Å². The van der Waals surface area contributed by atoms with Gasteiger partial charge in [-0.3, -0.25) is 0 Å². The number of aromatic nitrogens is 2. The van der Waals surface area contributed by atoms with Gasteiger partial charge in [0.25, 0.3) is 0 Å². The zero-order chi connectivity index (χ0) is 16.4. The Hall–Kier alpha value is -1.93. The highest BCUT2D eigenvalue weighted by Gasteiger charge is 2.23. The lowest BCUT2D eigenvalue weighted by atomic mass is 10.1. The molecule has 118 valence electrons. The van der Waals surface area contributed by atoms with Crippen LogP contribution in [0.15, 0.2) is 17.3 Å². The van der Waals surface area contributed by atoms with Crippen molar-refractivity contribution >= 4 is 29.4 Å². The van der Waals surface area contributed by atoms with Crippen LogP contribution in [0.5, 0.6) is 5.88 Å². The average molecular weight is 354 g/mol. The van der Waals surface area contributed by atoms with Gasteiger partial charge in [0.2, 0.25) is 5.88 Å². The lowest BCUT2D eigenvalue weighted by Gasteiger charge is -2.05. The van der Waals surface area contributed by atoms with Gasteiger partial charge < -0.3 is 9.94 Å². The monoisotopic (exact) mass is 353 g/mol. The summed E-state index contributed by atoms with van der Waals surface area (Å²) in [6.07, 6.45) is 0.985. The van der Waals surface area contributed by atoms with Gasteiger partial charge in [0, 0.05) is 18.2 Å². The van der Waals surface area contributed by atoms with Gasteiger partial charge in [0.1, 0.15) is 16.5 Å². The van der Waals surface area contributed by atoms with E-state index in [0.717, 1.165) is 17.0 Å². The van der Waals surface area contributed by atoms with Crippen molar-refractivity contribution in [3.8, 4) is 17.1 Å². The van der Waals surface area contributed by atoms with Crippen LogP contribution in [0.1, 0.15) is 5.56 Å². The molecule has 0 unspecified atom stereocenters. The van der Waals surface area contributed by atoms with E-state index in [1.807, 2.05) is 0 Å². The van der Waals surface area contributed by atoms with Crippen LogP contribution in [0, 0.1) is 5.82 Å². The van der Waals surface area contributed by atoms with E-state index < -0.39 is 18.3 Å². The van der Waals surface area contributed by atoms with Crippen molar-refractivity contribution in [3.63, 3.8) is 0 Å². The van der Waals surface area contributed by atoms with Gasteiger partial charge in [-0.05, 0) is 12.1 Å². The van der Waals surface area contributed by atoms with Crippen molar-refractivity contribution in [2.75, 3.05) is 0 Å². The molecule has 0 bridgehead atoms. The number of ether oxygens (including phenoxy) is 1. The minimum absolute atomic E-state index is 0.00448. The summed E-state index contributed by atoms with van der Waals surface area (Å²) in [5.74, 6) is -1.18. The number of hydrogen-bond acceptors (Lipinski definition) is 4. The molecule has 0 aliphatic heterocycles. The Balaban J connectivity index is 2.59. The maximum absolute atomic E-state index is 14.1. The molecule has 0 amide bonds. The molecular formula is C12H8Cl2F3N3O2. The van der Waals surface area contributed by atoms with Crippen LogP contribution < -0.4 is 4.74 Å². The zero-order valence-electron chi connectivity index (χ0n) is 10.9. The van der Waals surface area contributed by atoms with Crippen molar-refractivity contribution in [1.82, 2.24) is 9.78 Å². The van der Waals surface area contributed by atoms with Crippen LogP contribution in [0.4, 0.5) is 13.2 Å². The Morgan fingerprint density at radius 1 is 1.41 bits per heavy atom. The molecule has 1 heterocycles. The predicted molar refractivity (Wildman–Crippen MR) is 74.6 cm³/mol. The summed E-state index contributed by atoms with van der Waals surface area (Å²) in [5.41, 5.74) is -0.0239. The van der Waals surface area contributed by atoms with Crippen molar-refractivity contribution in [3.05, 3.63) is 33.6 Å². The lowest BCUT2D eigenvalue weighted by molar-refractivity contribution is -0.0552. The first kappa shape index (κ1) is 16.4. The number of rotatable bonds is 4. The molecule has 0 radical (unpaired) electrons. The molecule has 0 atom stereocenters. The quantitative estimate of drug-likeness (QED) is 0.514. The molecule has 5 nitrogen and oxygen atoms in total. The van der Waals surface area contributed by atoms with E-state index in [2.05, 4.69) is 15.0 Å². The van der Waals surface area contributed by atoms with Crippen molar-refractivity contribution < 1.29 is 23.1 Å². The molecule has 0 saturated carbocycles. The molecule has 0 aliphatic carbocycles. The number of halogens is 5. The maximum Gasteiger partial charge on any atom is 0.388 e. The fraction of sp³-hybridized carbons (Fsp3) is 0.167. The lowest BCUT2D eigenvalue weighted by Crippen LogP contribution is -2.06. The van der Waals surface area contributed by atoms with Crippen molar-refractivity contribution in [2.24, 2.45) is 12.2 Å². The minimum Gasteiger partial charge on any atom is -0.416 e. The molecule has 0 spiro atoms. The average Bonchev–Trinajstić information content (AvgIpc) is 2.69. The second-order valence-electron chi connectivity index (χ2n) is 4.07. The summed E-state index contributed by atoms with van der Waals surface area (Å²) in [7, 11) is 1.32. The van der Waals surface area contributed by atoms with E-state index in [4.69, 9.17) is 28.4 Å². The topological polar surface area (TPSA) is 59.6 Å². The van der Waals surface area contributed by atoms with Crippen LogP contribution in [0.2, 0.25) is 10.0 Å². The first-order valence-corrected chi connectivity index (χ1v) is 6.45. The summed E-state index contributed by atoms with van der Waals surface area (Å²) in [4.78, 5) is 0. The Labute approximate surface area is 132 Å². The third kappa shape index (κ3) is 3.12. The van der Waals surface area contributed by atoms with Crippen LogP contribution in [-0.2, 0) is 7.05 Å². The first-order valence-electron chi connectivity index (χ1n) is 5.69. The molecule has 10 heteroatoms. The molecule has 2 aromatic rings. The molecule has 22 heavy (non-hydrogen) atoms. The molecule has 0 aliphatic rings. The highest BCUT2D eigenvalue weighted by Crippen LogP contribution is 2.37. The molecular weight excluding hydrogens is 346 g/mol. The van der Waals surface area contributed by atoms with Gasteiger partial charge in [-0.25, -0.2) is 9.07 Å². The Morgan fingerprint density at radius 3 is 2.68 bits per heavy atom. The summed E-state index contributed by atoms with van der Waals surface area (Å²) in [6, 6.07) is 2.18. The fourth-order valence-electron chi connectivity index (χ4n) is 1.78. The van der Waals surface area contributed by atoms with Crippen molar-refractivity contribution in [2.45, 2.75) is 6.61 Å². The van der Waals surface area contributed by atoms with E-state index >= 15 is 0 Å². The Bertz CT molecular complexity index is 735. The van der Waals surface area contributed by atoms with Gasteiger partial charge >= 0.3 is 6.61 Å². The van der Waals surface area contributed by atoms with E-state index in [1.54, 1.807) is 0 Å². The normalized spacial score (nSPS) is 11.6. The van der Waals surface area contributed by atoms with Crippen LogP contribution in [-0.4, -0.2) is 27.8 Å². The van der Waals surface area contributed by atoms with E-state index in [0.29, 0.717) is 0 Å². The number of alkyl halides is 2. The van der Waals surface area contributed by atoms with Gasteiger partial charge in [0.15, 0.2) is 0 Å². The minimum atomic E-state index is -3.10. The fourth-order valence-corrected chi connectivity index (χ4v) is 2.28. The van der Waals surface area contributed by atoms with Gasteiger partial charge in [-0.2, -0.15) is 13.9 Å². The number of hydrogen-bond donors (Lipinski definition) is 1. The summed E-state index contributed by atoms with van der Waals surface area (Å²) >= 11 is 11.7. The first-order chi connectivity index (χ1) is 10.3. The van der Waals surface area contributed by atoms with E-state index in [-0.39, 0.29) is 26.9 Å². The van der Waals surface area contributed by atoms with Gasteiger partial charge in [-0.15, -0.1) is 0 Å². The number of aryl methyl sites for hydroxylation is 1. The van der Waals surface area contributed by atoms with Gasteiger partial charge in [-0.1, -0.05) is 28.4 Å². The second kappa shape index (κ2) is 6.45. The maximum atomic E-state index is 14.1. The molecule has 1 aromatic carbocycles. The molecule has 1 aromatic heterocycles. The summed E-state index contributed by atoms with van der Waals surface area (Å²) < 4.78 is 43.9. The SMILES string of the molecule is Cn1nc(-c2cc(C=NO)c(Cl)cc2F)c(Cl)c1OC(F)F. The van der Waals surface area contributed by atoms with Crippen LogP contribution >= 0.6 is 23.2 Å². The number of oxime groups is 1. The molecule has 2 rings (SSSR count). The Kier molecular flexibility index (Phi) is 4.82. The molecule has 1 N–H and O–H groups in total. The Morgan fingerprint density at radius 2 is 2.09 bits per heavy atom. The van der Waals surface area contributed by atoms with Crippen LogP contribution in [0.25, 0.3) is 11.3 Å². The van der Waals surface area contributed by atoms with Gasteiger partial charge in [0.05, 0.1) is 11.2 Å². The summed E-state index contributed by atoms with van der Waals surface area (Å²) in [6.45, 7) is -3.10. The summed E-state index contributed by atoms with van der Waals surface area (Å²) in [5, 5.41) is 14.9. The standard InChI is InChI=1S/C12H8Cl2F3N3O2/c1-20-11(22-12(16)17)9(14)10(19-20)6-2-5(4-18-21)7(13)3-8(6)15/h2-4,12,21H,1H3. The van der Waals surface area contributed by atoms with E-state index in [1.165, 1.54) is 13.1 Å². The highest BCUT2D eigenvalue weighted by atomic mass is 35.5.